The van der Waals surface area contributed by atoms with Crippen molar-refractivity contribution in [1.29, 1.82) is 0 Å². The van der Waals surface area contributed by atoms with E-state index in [-0.39, 0.29) is 0 Å². The Kier molecular flexibility index (Phi) is 5.36. The van der Waals surface area contributed by atoms with Crippen molar-refractivity contribution in [1.82, 2.24) is 10.3 Å². The first-order chi connectivity index (χ1) is 9.33. The van der Waals surface area contributed by atoms with E-state index in [1.54, 1.807) is 7.11 Å². The lowest BCUT2D eigenvalue weighted by molar-refractivity contribution is 0.205. The summed E-state index contributed by atoms with van der Waals surface area (Å²) in [4.78, 5) is 6.63. The predicted octanol–water partition coefficient (Wildman–Crippen LogP) is 1.97. The summed E-state index contributed by atoms with van der Waals surface area (Å²) < 4.78 is 5.14. The Labute approximate surface area is 115 Å². The fourth-order valence-corrected chi connectivity index (χ4v) is 1.95. The van der Waals surface area contributed by atoms with Gasteiger partial charge in [0.1, 0.15) is 5.82 Å². The van der Waals surface area contributed by atoms with Crippen molar-refractivity contribution < 1.29 is 4.74 Å². The van der Waals surface area contributed by atoms with Gasteiger partial charge in [0, 0.05) is 39.0 Å². The van der Waals surface area contributed by atoms with E-state index in [0.29, 0.717) is 6.61 Å². The number of nitrogens with zero attached hydrogens (tertiary/aromatic N) is 2. The molecule has 0 bridgehead atoms. The fourth-order valence-electron chi connectivity index (χ4n) is 1.95. The maximum absolute atomic E-state index is 5.14. The van der Waals surface area contributed by atoms with Crippen LogP contribution >= 0.6 is 0 Å². The molecule has 19 heavy (non-hydrogen) atoms. The summed E-state index contributed by atoms with van der Waals surface area (Å²) in [6, 6.07) is 4.95. The van der Waals surface area contributed by atoms with Gasteiger partial charge >= 0.3 is 0 Å². The Morgan fingerprint density at radius 2 is 2.42 bits per heavy atom. The smallest absolute Gasteiger partial charge is 0.129 e. The minimum absolute atomic E-state index is 0.695. The Hall–Kier alpha value is -1.39. The molecule has 0 radical (unpaired) electrons. The van der Waals surface area contributed by atoms with E-state index in [4.69, 9.17) is 4.74 Å². The highest BCUT2D eigenvalue weighted by Crippen LogP contribution is 2.20. The van der Waals surface area contributed by atoms with E-state index in [0.717, 1.165) is 31.5 Å². The number of rotatable bonds is 9. The van der Waals surface area contributed by atoms with E-state index in [2.05, 4.69) is 33.9 Å². The number of aromatic nitrogens is 1. The zero-order valence-corrected chi connectivity index (χ0v) is 11.6. The molecule has 0 amide bonds. The second kappa shape index (κ2) is 7.26. The summed E-state index contributed by atoms with van der Waals surface area (Å²) in [7, 11) is 1.72. The lowest BCUT2D eigenvalue weighted by Crippen LogP contribution is -2.28. The number of hydrogen-bond acceptors (Lipinski definition) is 4. The number of anilines is 1. The van der Waals surface area contributed by atoms with Crippen molar-refractivity contribution in [3.63, 3.8) is 0 Å². The largest absolute Gasteiger partial charge is 0.383 e. The van der Waals surface area contributed by atoms with Gasteiger partial charge in [-0.2, -0.15) is 0 Å². The van der Waals surface area contributed by atoms with Crippen LogP contribution in [0.2, 0.25) is 0 Å². The van der Waals surface area contributed by atoms with Crippen LogP contribution in [0.4, 0.5) is 5.82 Å². The zero-order valence-electron chi connectivity index (χ0n) is 11.6. The van der Waals surface area contributed by atoms with Gasteiger partial charge in [-0.1, -0.05) is 6.08 Å². The minimum atomic E-state index is 0.695. The number of nitrogens with one attached hydrogen (secondary N) is 1. The van der Waals surface area contributed by atoms with Crippen molar-refractivity contribution in [3.8, 4) is 0 Å². The van der Waals surface area contributed by atoms with Crippen LogP contribution in [-0.2, 0) is 11.3 Å². The highest BCUT2D eigenvalue weighted by atomic mass is 16.5. The Bertz CT molecular complexity index is 404. The molecule has 104 valence electrons. The van der Waals surface area contributed by atoms with Gasteiger partial charge in [-0.25, -0.2) is 4.98 Å². The third-order valence-electron chi connectivity index (χ3n) is 3.22. The van der Waals surface area contributed by atoms with Crippen LogP contribution in [-0.4, -0.2) is 37.8 Å². The van der Waals surface area contributed by atoms with E-state index in [1.165, 1.54) is 18.4 Å². The SMILES string of the molecule is C=CCN(CCOC)c1cc(CNC2CC2)ccn1. The van der Waals surface area contributed by atoms with Crippen molar-refractivity contribution in [2.45, 2.75) is 25.4 Å². The summed E-state index contributed by atoms with van der Waals surface area (Å²) in [6.07, 6.45) is 6.40. The molecule has 0 unspecified atom stereocenters. The van der Waals surface area contributed by atoms with E-state index in [1.807, 2.05) is 12.3 Å². The molecule has 0 saturated heterocycles. The van der Waals surface area contributed by atoms with Gasteiger partial charge < -0.3 is 15.0 Å². The summed E-state index contributed by atoms with van der Waals surface area (Å²) in [5, 5.41) is 3.52. The lowest BCUT2D eigenvalue weighted by atomic mass is 10.2. The van der Waals surface area contributed by atoms with Crippen molar-refractivity contribution >= 4 is 5.82 Å². The molecule has 0 aliphatic heterocycles. The molecule has 1 heterocycles. The van der Waals surface area contributed by atoms with E-state index >= 15 is 0 Å². The molecule has 1 N–H and O–H groups in total. The molecule has 0 aromatic carbocycles. The highest BCUT2D eigenvalue weighted by Gasteiger charge is 2.20. The molecule has 4 heteroatoms. The topological polar surface area (TPSA) is 37.4 Å². The second-order valence-electron chi connectivity index (χ2n) is 4.90. The van der Waals surface area contributed by atoms with Crippen molar-refractivity contribution in [3.05, 3.63) is 36.5 Å². The quantitative estimate of drug-likeness (QED) is 0.690. The first-order valence-electron chi connectivity index (χ1n) is 6.86. The standard InChI is InChI=1S/C15H23N3O/c1-3-8-18(9-10-19-2)15-11-13(6-7-16-15)12-17-14-4-5-14/h3,6-7,11,14,17H,1,4-5,8-10,12H2,2H3. The number of ether oxygens (including phenoxy) is 1. The van der Waals surface area contributed by atoms with Crippen LogP contribution in [0, 0.1) is 0 Å². The van der Waals surface area contributed by atoms with Crippen LogP contribution in [0.25, 0.3) is 0 Å². The molecular formula is C15H23N3O. The Balaban J connectivity index is 1.98. The van der Waals surface area contributed by atoms with Gasteiger partial charge in [0.2, 0.25) is 0 Å². The maximum Gasteiger partial charge on any atom is 0.129 e. The molecule has 1 saturated carbocycles. The lowest BCUT2D eigenvalue weighted by Gasteiger charge is -2.22. The summed E-state index contributed by atoms with van der Waals surface area (Å²) in [5.41, 5.74) is 1.28. The predicted molar refractivity (Wildman–Crippen MR) is 78.4 cm³/mol. The third kappa shape index (κ3) is 4.65. The second-order valence-corrected chi connectivity index (χ2v) is 4.90. The van der Waals surface area contributed by atoms with Gasteiger partial charge in [0.05, 0.1) is 6.61 Å². The summed E-state index contributed by atoms with van der Waals surface area (Å²) >= 11 is 0. The molecule has 2 rings (SSSR count). The summed E-state index contributed by atoms with van der Waals surface area (Å²) in [5.74, 6) is 0.993. The van der Waals surface area contributed by atoms with Gasteiger partial charge in [-0.3, -0.25) is 0 Å². The molecule has 1 aromatic heterocycles. The first-order valence-corrected chi connectivity index (χ1v) is 6.86. The van der Waals surface area contributed by atoms with Crippen LogP contribution in [0.1, 0.15) is 18.4 Å². The Morgan fingerprint density at radius 1 is 1.58 bits per heavy atom. The average Bonchev–Trinajstić information content (AvgIpc) is 3.26. The normalized spacial score (nSPS) is 14.4. The number of hydrogen-bond donors (Lipinski definition) is 1. The van der Waals surface area contributed by atoms with E-state index < -0.39 is 0 Å². The number of methoxy groups -OCH3 is 1. The van der Waals surface area contributed by atoms with Gasteiger partial charge in [0.15, 0.2) is 0 Å². The van der Waals surface area contributed by atoms with Crippen LogP contribution in [0.3, 0.4) is 0 Å². The molecule has 0 atom stereocenters. The average molecular weight is 261 g/mol. The number of pyridine rings is 1. The molecular weight excluding hydrogens is 238 g/mol. The van der Waals surface area contributed by atoms with Gasteiger partial charge in [-0.05, 0) is 30.5 Å². The minimum Gasteiger partial charge on any atom is -0.383 e. The van der Waals surface area contributed by atoms with Crippen LogP contribution < -0.4 is 10.2 Å². The van der Waals surface area contributed by atoms with Crippen molar-refractivity contribution in [2.75, 3.05) is 31.7 Å². The first kappa shape index (κ1) is 14.0. The molecule has 1 fully saturated rings. The fraction of sp³-hybridized carbons (Fsp3) is 0.533. The van der Waals surface area contributed by atoms with Crippen LogP contribution in [0.5, 0.6) is 0 Å². The molecule has 0 spiro atoms. The van der Waals surface area contributed by atoms with Gasteiger partial charge in [0.25, 0.3) is 0 Å². The molecule has 4 nitrogen and oxygen atoms in total. The molecule has 1 aliphatic carbocycles. The molecule has 1 aliphatic rings. The van der Waals surface area contributed by atoms with E-state index in [9.17, 15) is 0 Å². The van der Waals surface area contributed by atoms with Gasteiger partial charge in [-0.15, -0.1) is 6.58 Å². The summed E-state index contributed by atoms with van der Waals surface area (Å²) in [6.45, 7) is 7.04. The van der Waals surface area contributed by atoms with Crippen molar-refractivity contribution in [2.24, 2.45) is 0 Å². The Morgan fingerprint density at radius 3 is 3.11 bits per heavy atom. The molecule has 1 aromatic rings. The monoisotopic (exact) mass is 261 g/mol. The zero-order chi connectivity index (χ0) is 13.5. The third-order valence-corrected chi connectivity index (χ3v) is 3.22. The van der Waals surface area contributed by atoms with Crippen LogP contribution in [0.15, 0.2) is 31.0 Å². The maximum atomic E-state index is 5.14. The highest BCUT2D eigenvalue weighted by molar-refractivity contribution is 5.41.